The fourth-order valence-electron chi connectivity index (χ4n) is 3.26. The molecule has 0 saturated carbocycles. The molecule has 1 aromatic carbocycles. The number of hydrogen-bond acceptors (Lipinski definition) is 5. The summed E-state index contributed by atoms with van der Waals surface area (Å²) in [6, 6.07) is 6.85. The van der Waals surface area contributed by atoms with Gasteiger partial charge >= 0.3 is 0 Å². The first kappa shape index (κ1) is 27.6. The molecule has 0 bridgehead atoms. The Bertz CT molecular complexity index is 808. The third-order valence-corrected chi connectivity index (χ3v) is 4.78. The zero-order chi connectivity index (χ0) is 24.8. The smallest absolute Gasteiger partial charge is 0.243 e. The van der Waals surface area contributed by atoms with E-state index < -0.39 is 29.9 Å². The number of aldehydes is 1. The van der Waals surface area contributed by atoms with Gasteiger partial charge in [-0.2, -0.15) is 0 Å². The zero-order valence-corrected chi connectivity index (χ0v) is 19.5. The number of benzene rings is 1. The van der Waals surface area contributed by atoms with Gasteiger partial charge in [-0.1, -0.05) is 44.2 Å². The lowest BCUT2D eigenvalue weighted by atomic mass is 10.0. The van der Waals surface area contributed by atoms with Gasteiger partial charge in [0.15, 0.2) is 5.96 Å². The molecule has 0 aliphatic heterocycles. The summed E-state index contributed by atoms with van der Waals surface area (Å²) < 4.78 is 0. The maximum atomic E-state index is 13.0. The van der Waals surface area contributed by atoms with Crippen LogP contribution in [0.15, 0.2) is 35.3 Å². The van der Waals surface area contributed by atoms with Gasteiger partial charge in [-0.3, -0.25) is 19.4 Å². The van der Waals surface area contributed by atoms with E-state index in [4.69, 9.17) is 11.5 Å². The number of amides is 3. The molecule has 0 saturated heterocycles. The summed E-state index contributed by atoms with van der Waals surface area (Å²) in [5, 5.41) is 8.07. The van der Waals surface area contributed by atoms with Crippen molar-refractivity contribution in [2.24, 2.45) is 22.4 Å². The van der Waals surface area contributed by atoms with E-state index in [9.17, 15) is 19.2 Å². The van der Waals surface area contributed by atoms with Crippen molar-refractivity contribution in [1.29, 1.82) is 0 Å². The predicted molar refractivity (Wildman–Crippen MR) is 127 cm³/mol. The second-order valence-corrected chi connectivity index (χ2v) is 8.33. The largest absolute Gasteiger partial charge is 0.370 e. The summed E-state index contributed by atoms with van der Waals surface area (Å²) in [6.07, 6.45) is 2.16. The lowest BCUT2D eigenvalue weighted by Gasteiger charge is -2.25. The number of hydrogen-bond donors (Lipinski definition) is 5. The summed E-state index contributed by atoms with van der Waals surface area (Å²) in [6.45, 7) is 5.52. The molecule has 7 N–H and O–H groups in total. The van der Waals surface area contributed by atoms with E-state index in [0.29, 0.717) is 32.1 Å². The van der Waals surface area contributed by atoms with Crippen LogP contribution in [0.4, 0.5) is 0 Å². The summed E-state index contributed by atoms with van der Waals surface area (Å²) in [7, 11) is 0. The van der Waals surface area contributed by atoms with Crippen molar-refractivity contribution >= 4 is 30.0 Å². The normalized spacial score (nSPS) is 13.3. The van der Waals surface area contributed by atoms with Crippen molar-refractivity contribution in [3.05, 3.63) is 35.9 Å². The van der Waals surface area contributed by atoms with Crippen LogP contribution in [-0.2, 0) is 25.6 Å². The molecule has 0 aliphatic rings. The third kappa shape index (κ3) is 11.7. The van der Waals surface area contributed by atoms with Gasteiger partial charge in [0.05, 0.1) is 6.04 Å². The lowest BCUT2D eigenvalue weighted by molar-refractivity contribution is -0.132. The molecule has 0 heterocycles. The van der Waals surface area contributed by atoms with Crippen molar-refractivity contribution in [2.45, 2.75) is 64.6 Å². The minimum absolute atomic E-state index is 0.0365. The van der Waals surface area contributed by atoms with Crippen LogP contribution in [0.25, 0.3) is 0 Å². The number of aliphatic imine (C=N–C) groups is 1. The molecule has 3 atom stereocenters. The van der Waals surface area contributed by atoms with Crippen molar-refractivity contribution < 1.29 is 19.2 Å². The molecule has 0 fully saturated rings. The molecule has 0 aromatic heterocycles. The zero-order valence-electron chi connectivity index (χ0n) is 19.5. The number of guanidine groups is 1. The first-order valence-electron chi connectivity index (χ1n) is 11.0. The van der Waals surface area contributed by atoms with E-state index in [1.165, 1.54) is 6.92 Å². The Hall–Kier alpha value is -3.43. The van der Waals surface area contributed by atoms with Gasteiger partial charge in [0.25, 0.3) is 0 Å². The number of carbonyl (C=O) groups excluding carboxylic acids is 4. The third-order valence-electron chi connectivity index (χ3n) is 4.78. The van der Waals surface area contributed by atoms with Gasteiger partial charge < -0.3 is 32.2 Å². The van der Waals surface area contributed by atoms with Gasteiger partial charge in [-0.15, -0.1) is 0 Å². The Morgan fingerprint density at radius 3 is 2.18 bits per heavy atom. The second-order valence-electron chi connectivity index (χ2n) is 8.33. The highest BCUT2D eigenvalue weighted by atomic mass is 16.2. The van der Waals surface area contributed by atoms with Gasteiger partial charge in [-0.25, -0.2) is 0 Å². The molecular weight excluding hydrogens is 425 g/mol. The van der Waals surface area contributed by atoms with Gasteiger partial charge in [0, 0.05) is 19.9 Å². The van der Waals surface area contributed by atoms with E-state index in [1.54, 1.807) is 0 Å². The Morgan fingerprint density at radius 1 is 1.00 bits per heavy atom. The first-order valence-corrected chi connectivity index (χ1v) is 11.0. The van der Waals surface area contributed by atoms with Crippen molar-refractivity contribution in [3.8, 4) is 0 Å². The molecule has 182 valence electrons. The Morgan fingerprint density at radius 2 is 1.64 bits per heavy atom. The van der Waals surface area contributed by atoms with Crippen LogP contribution in [0.5, 0.6) is 0 Å². The van der Waals surface area contributed by atoms with E-state index in [2.05, 4.69) is 20.9 Å². The number of nitrogens with one attached hydrogen (secondary N) is 3. The van der Waals surface area contributed by atoms with Crippen LogP contribution in [0.3, 0.4) is 0 Å². The van der Waals surface area contributed by atoms with Crippen molar-refractivity contribution in [3.63, 3.8) is 0 Å². The molecule has 0 unspecified atom stereocenters. The molecule has 10 nitrogen and oxygen atoms in total. The van der Waals surface area contributed by atoms with Crippen LogP contribution in [0.2, 0.25) is 0 Å². The molecular formula is C23H36N6O4. The predicted octanol–water partition coefficient (Wildman–Crippen LogP) is 0.00200. The summed E-state index contributed by atoms with van der Waals surface area (Å²) in [5.74, 6) is -1.21. The Balaban J connectivity index is 2.85. The minimum Gasteiger partial charge on any atom is -0.370 e. The van der Waals surface area contributed by atoms with Crippen LogP contribution in [-0.4, -0.2) is 54.6 Å². The van der Waals surface area contributed by atoms with Crippen molar-refractivity contribution in [1.82, 2.24) is 16.0 Å². The van der Waals surface area contributed by atoms with Gasteiger partial charge in [-0.05, 0) is 30.7 Å². The van der Waals surface area contributed by atoms with Crippen molar-refractivity contribution in [2.75, 3.05) is 6.54 Å². The SMILES string of the molecule is CC(=O)N[C@@H](Cc1ccccc1)C(=O)N[C@@H](CC(C)C)C(=O)N[C@@H](CCCN=C(N)N)[13CH]=O. The maximum absolute atomic E-state index is 13.0. The lowest BCUT2D eigenvalue weighted by Crippen LogP contribution is -2.55. The molecule has 0 radical (unpaired) electrons. The van der Waals surface area contributed by atoms with Gasteiger partial charge in [0.2, 0.25) is 17.7 Å². The fourth-order valence-corrected chi connectivity index (χ4v) is 3.26. The molecule has 3 amide bonds. The molecule has 1 rings (SSSR count). The molecule has 1 aromatic rings. The minimum atomic E-state index is -0.857. The highest BCUT2D eigenvalue weighted by Gasteiger charge is 2.28. The van der Waals surface area contributed by atoms with Crippen LogP contribution < -0.4 is 27.4 Å². The molecule has 0 spiro atoms. The second kappa shape index (κ2) is 14.6. The molecule has 10 heteroatoms. The Labute approximate surface area is 195 Å². The monoisotopic (exact) mass is 461 g/mol. The molecule has 33 heavy (non-hydrogen) atoms. The highest BCUT2D eigenvalue weighted by molar-refractivity contribution is 5.92. The van der Waals surface area contributed by atoms with E-state index in [-0.39, 0.29) is 24.2 Å². The summed E-state index contributed by atoms with van der Waals surface area (Å²) >= 11 is 0. The average Bonchev–Trinajstić information content (AvgIpc) is 2.74. The number of nitrogens with two attached hydrogens (primary N) is 2. The van der Waals surface area contributed by atoms with Crippen LogP contribution in [0, 0.1) is 5.92 Å². The summed E-state index contributed by atoms with van der Waals surface area (Å²) in [4.78, 5) is 52.8. The van der Waals surface area contributed by atoms with E-state index >= 15 is 0 Å². The maximum Gasteiger partial charge on any atom is 0.243 e. The highest BCUT2D eigenvalue weighted by Crippen LogP contribution is 2.09. The number of nitrogens with zero attached hydrogens (tertiary/aromatic N) is 1. The quantitative estimate of drug-likeness (QED) is 0.0859. The first-order chi connectivity index (χ1) is 15.6. The number of carbonyl (C=O) groups is 4. The van der Waals surface area contributed by atoms with Gasteiger partial charge in [0.1, 0.15) is 18.4 Å². The van der Waals surface area contributed by atoms with E-state index in [0.717, 1.165) is 5.56 Å². The fraction of sp³-hybridized carbons (Fsp3) is 0.522. The van der Waals surface area contributed by atoms with Crippen LogP contribution in [0.1, 0.15) is 45.6 Å². The Kier molecular flexibility index (Phi) is 12.2. The average molecular weight is 462 g/mol. The molecule has 0 aliphatic carbocycles. The summed E-state index contributed by atoms with van der Waals surface area (Å²) in [5.41, 5.74) is 11.4. The standard InChI is InChI=1S/C23H36N6O4/c1-15(2)12-19(21(32)28-18(14-30)10-7-11-26-23(24)25)29-22(33)20(27-16(3)31)13-17-8-5-4-6-9-17/h4-6,8-9,14-15,18-20H,7,10-13H2,1-3H3,(H,27,31)(H,28,32)(H,29,33)(H4,24,25,26)/t18-,19-,20-/m0/s1/i14+1. The van der Waals surface area contributed by atoms with Crippen LogP contribution >= 0.6 is 0 Å². The number of rotatable bonds is 14. The topological polar surface area (TPSA) is 169 Å². The van der Waals surface area contributed by atoms with E-state index in [1.807, 2.05) is 44.2 Å².